The third-order valence-corrected chi connectivity index (χ3v) is 13.7. The van der Waals surface area contributed by atoms with Gasteiger partial charge in [-0.2, -0.15) is 9.78 Å². The number of carbonyl (C=O) groups excluding carboxylic acids is 1. The molecule has 0 aliphatic rings. The largest absolute Gasteiger partial charge is 0.438 e. The highest BCUT2D eigenvalue weighted by Crippen LogP contribution is 2.22. The fourth-order valence-corrected chi connectivity index (χ4v) is 10.8. The second-order valence-corrected chi connectivity index (χ2v) is 17.5. The zero-order chi connectivity index (χ0) is 26.9. The summed E-state index contributed by atoms with van der Waals surface area (Å²) < 4.78 is 5.15. The number of nitrogens with one attached hydrogen (secondary N) is 1. The van der Waals surface area contributed by atoms with Gasteiger partial charge in [-0.15, -0.1) is 118 Å². The first-order chi connectivity index (χ1) is 18.3. The van der Waals surface area contributed by atoms with Gasteiger partial charge in [-0.3, -0.25) is 4.99 Å². The van der Waals surface area contributed by atoms with Gasteiger partial charge in [-0.05, 0) is 0 Å². The molecule has 0 aromatic rings. The van der Waals surface area contributed by atoms with Crippen molar-refractivity contribution in [3.05, 3.63) is 0 Å². The van der Waals surface area contributed by atoms with E-state index in [4.69, 9.17) is 24.5 Å². The molecular weight excluding hydrogens is 679 g/mol. The molecule has 0 aliphatic heterocycles. The average molecular weight is 712 g/mol. The minimum absolute atomic E-state index is 0.112. The highest BCUT2D eigenvalue weighted by Gasteiger charge is 2.01. The summed E-state index contributed by atoms with van der Waals surface area (Å²) in [5.41, 5.74) is 0. The van der Waals surface area contributed by atoms with Crippen molar-refractivity contribution in [2.24, 2.45) is 9.98 Å². The molecule has 2 N–H and O–H groups in total. The van der Waals surface area contributed by atoms with Gasteiger partial charge in [0.05, 0.1) is 17.7 Å². The van der Waals surface area contributed by atoms with Crippen LogP contribution in [0.3, 0.4) is 0 Å². The predicted octanol–water partition coefficient (Wildman–Crippen LogP) is 6.07. The van der Waals surface area contributed by atoms with E-state index in [2.05, 4.69) is 20.2 Å². The van der Waals surface area contributed by atoms with Crippen molar-refractivity contribution >= 4 is 137 Å². The molecule has 1 amide bonds. The van der Waals surface area contributed by atoms with Crippen LogP contribution in [-0.2, 0) is 24.3 Å². The molecule has 0 fully saturated rings. The van der Waals surface area contributed by atoms with E-state index in [-0.39, 0.29) is 12.0 Å². The van der Waals surface area contributed by atoms with Crippen molar-refractivity contribution in [1.29, 1.82) is 0 Å². The Labute approximate surface area is 262 Å². The lowest BCUT2D eigenvalue weighted by molar-refractivity contribution is -0.196. The molecule has 0 spiro atoms. The monoisotopic (exact) mass is 711 g/mol. The van der Waals surface area contributed by atoms with Gasteiger partial charge in [0.2, 0.25) is 12.8 Å². The number of nitrogens with zero attached hydrogens (tertiary/aromatic N) is 2. The number of aliphatic hydroxyl groups excluding tert-OH is 1. The van der Waals surface area contributed by atoms with Crippen LogP contribution in [0.15, 0.2) is 9.98 Å². The third kappa shape index (κ3) is 35.6. The third-order valence-electron chi connectivity index (χ3n) is 2.68. The van der Waals surface area contributed by atoms with Gasteiger partial charge in [0.1, 0.15) is 17.8 Å². The normalized spacial score (nSPS) is 11.4. The summed E-state index contributed by atoms with van der Waals surface area (Å²) in [7, 11) is 1.61. The molecule has 0 bridgehead atoms. The van der Waals surface area contributed by atoms with Crippen LogP contribution in [0.5, 0.6) is 0 Å². The highest BCUT2D eigenvalue weighted by atomic mass is 32.3. The average Bonchev–Trinajstić information content (AvgIpc) is 2.90. The summed E-state index contributed by atoms with van der Waals surface area (Å²) in [6.07, 6.45) is 2.18. The van der Waals surface area contributed by atoms with Crippen LogP contribution >= 0.6 is 118 Å². The van der Waals surface area contributed by atoms with Crippen molar-refractivity contribution in [1.82, 2.24) is 5.32 Å². The van der Waals surface area contributed by atoms with Gasteiger partial charge in [0.15, 0.2) is 0 Å². The number of aliphatic hydroxyl groups is 1. The van der Waals surface area contributed by atoms with Crippen molar-refractivity contribution in [3.8, 4) is 0 Å². The number of thioether (sulfide) groups is 10. The van der Waals surface area contributed by atoms with Gasteiger partial charge in [0, 0.05) is 42.6 Å². The topological polar surface area (TPSA) is 120 Å². The number of hydrogen-bond donors (Lipinski definition) is 2. The minimum Gasteiger partial charge on any atom is -0.438 e. The van der Waals surface area contributed by atoms with Crippen molar-refractivity contribution in [2.75, 3.05) is 78.2 Å². The summed E-state index contributed by atoms with van der Waals surface area (Å²) in [4.78, 5) is 38.6. The second kappa shape index (κ2) is 35.6. The predicted molar refractivity (Wildman–Crippen MR) is 178 cm³/mol. The summed E-state index contributed by atoms with van der Waals surface area (Å²) in [5, 5.41) is 17.7. The maximum absolute atomic E-state index is 11.7. The Balaban J connectivity index is 3.19. The van der Waals surface area contributed by atoms with Gasteiger partial charge in [-0.25, -0.2) is 9.79 Å². The molecule has 0 rings (SSSR count). The molecule has 218 valence electrons. The Morgan fingerprint density at radius 3 is 1.92 bits per heavy atom. The molecule has 0 aliphatic carbocycles. The number of aliphatic imine (C=N–C) groups is 2. The van der Waals surface area contributed by atoms with Crippen LogP contribution in [-0.4, -0.2) is 102 Å². The van der Waals surface area contributed by atoms with Crippen molar-refractivity contribution in [3.63, 3.8) is 0 Å². The quantitative estimate of drug-likeness (QED) is 0.0233. The molecule has 0 heterocycles. The first-order valence-electron chi connectivity index (χ1n) is 10.1. The summed E-state index contributed by atoms with van der Waals surface area (Å²) >= 11 is 16.7. The molecule has 0 unspecified atom stereocenters. The molecule has 0 saturated carbocycles. The molecule has 0 aromatic heterocycles. The molecule has 10 nitrogen and oxygen atoms in total. The fourth-order valence-electron chi connectivity index (χ4n) is 1.36. The lowest BCUT2D eigenvalue weighted by atomic mass is 11.1. The molecular formula is C17H33N3O7S10. The van der Waals surface area contributed by atoms with Crippen LogP contribution in [0.1, 0.15) is 0 Å². The maximum atomic E-state index is 11.7. The Morgan fingerprint density at radius 1 is 0.730 bits per heavy atom. The van der Waals surface area contributed by atoms with E-state index in [9.17, 15) is 4.79 Å². The molecule has 20 heteroatoms. The lowest BCUT2D eigenvalue weighted by Crippen LogP contribution is -2.23. The number of carbonyl (C=O) groups is 1. The van der Waals surface area contributed by atoms with Crippen LogP contribution in [0.25, 0.3) is 0 Å². The fraction of sp³-hybridized carbons (Fsp3) is 0.824. The molecule has 0 radical (unpaired) electrons. The summed E-state index contributed by atoms with van der Waals surface area (Å²) in [6.45, 7) is 0. The number of hydrogen-bond acceptors (Lipinski definition) is 19. The van der Waals surface area contributed by atoms with Crippen LogP contribution < -0.4 is 5.32 Å². The molecule has 0 aromatic carbocycles. The van der Waals surface area contributed by atoms with E-state index in [1.165, 1.54) is 36.3 Å². The minimum atomic E-state index is -0.378. The van der Waals surface area contributed by atoms with E-state index in [0.29, 0.717) is 29.6 Å². The Bertz CT molecular complexity index is 548. The van der Waals surface area contributed by atoms with E-state index in [1.807, 2.05) is 23.5 Å². The number of rotatable bonds is 29. The molecule has 0 atom stereocenters. The second-order valence-electron chi connectivity index (χ2n) is 5.31. The Kier molecular flexibility index (Phi) is 37.1. The Morgan fingerprint density at radius 2 is 1.27 bits per heavy atom. The number of amides is 1. The SMILES string of the molecule is CN=COOCSCSCSCSCOC(=O)NCSCSCSCSC/N=C\OOCSCSCO. The van der Waals surface area contributed by atoms with Gasteiger partial charge >= 0.3 is 6.09 Å². The zero-order valence-electron chi connectivity index (χ0n) is 20.2. The van der Waals surface area contributed by atoms with Crippen LogP contribution in [0, 0.1) is 0 Å². The number of alkyl carbamates (subject to hydrolysis) is 1. The standard InChI is InChI=1S/C17H33N3O7S10/c1-18-2-24-26-8-33-14-37-16-36-13-31-7-23-17(22)20-5-29-11-35-15-34-10-28-4-19-3-25-27-9-32-12-30-6-21/h2-3,21H,4-16H2,1H3,(H,20,22)/b18-2?,19-3-. The van der Waals surface area contributed by atoms with Crippen molar-refractivity contribution in [2.45, 2.75) is 0 Å². The van der Waals surface area contributed by atoms with E-state index >= 15 is 0 Å². The van der Waals surface area contributed by atoms with Crippen LogP contribution in [0.2, 0.25) is 0 Å². The van der Waals surface area contributed by atoms with Gasteiger partial charge in [-0.1, -0.05) is 0 Å². The zero-order valence-corrected chi connectivity index (χ0v) is 28.4. The van der Waals surface area contributed by atoms with E-state index < -0.39 is 0 Å². The maximum Gasteiger partial charge on any atom is 0.408 e. The lowest BCUT2D eigenvalue weighted by Gasteiger charge is -2.07. The molecule has 37 heavy (non-hydrogen) atoms. The first-order valence-corrected chi connectivity index (χ1v) is 21.6. The van der Waals surface area contributed by atoms with Crippen LogP contribution in [0.4, 0.5) is 4.79 Å². The smallest absolute Gasteiger partial charge is 0.408 e. The first kappa shape index (κ1) is 38.6. The van der Waals surface area contributed by atoms with Gasteiger partial charge < -0.3 is 24.9 Å². The molecule has 0 saturated heterocycles. The van der Waals surface area contributed by atoms with E-state index in [1.54, 1.807) is 77.6 Å². The van der Waals surface area contributed by atoms with Gasteiger partial charge in [0.25, 0.3) is 0 Å². The highest BCUT2D eigenvalue weighted by molar-refractivity contribution is 8.26. The Hall–Kier alpha value is 1.59. The summed E-state index contributed by atoms with van der Waals surface area (Å²) in [6, 6.07) is 0. The van der Waals surface area contributed by atoms with E-state index in [0.717, 1.165) is 35.6 Å². The number of ether oxygens (including phenoxy) is 1. The summed E-state index contributed by atoms with van der Waals surface area (Å²) in [5.74, 6) is 2.48. The van der Waals surface area contributed by atoms with Crippen molar-refractivity contribution < 1.29 is 34.2 Å².